The van der Waals surface area contributed by atoms with E-state index < -0.39 is 0 Å². The largest absolute Gasteiger partial charge is 0.398 e. The van der Waals surface area contributed by atoms with Crippen LogP contribution in [0.25, 0.3) is 16.9 Å². The Morgan fingerprint density at radius 1 is 1.16 bits per heavy atom. The lowest BCUT2D eigenvalue weighted by Crippen LogP contribution is -1.95. The average Bonchev–Trinajstić information content (AvgIpc) is 2.67. The van der Waals surface area contributed by atoms with Gasteiger partial charge in [-0.05, 0) is 49.7 Å². The van der Waals surface area contributed by atoms with E-state index in [2.05, 4.69) is 4.98 Å². The summed E-state index contributed by atoms with van der Waals surface area (Å²) < 4.78 is 15.0. The number of nitrogens with two attached hydrogens (primary N) is 1. The van der Waals surface area contributed by atoms with Gasteiger partial charge >= 0.3 is 0 Å². The molecule has 0 atom stereocenters. The molecular formula is C15H14FN3. The molecule has 3 rings (SSSR count). The van der Waals surface area contributed by atoms with Gasteiger partial charge in [-0.2, -0.15) is 0 Å². The molecule has 0 spiro atoms. The molecule has 0 fully saturated rings. The number of fused-ring (bicyclic) bond motifs is 1. The second-order valence-corrected chi connectivity index (χ2v) is 4.70. The van der Waals surface area contributed by atoms with Crippen LogP contribution in [-0.4, -0.2) is 9.38 Å². The molecule has 4 heteroatoms. The highest BCUT2D eigenvalue weighted by Gasteiger charge is 2.12. The van der Waals surface area contributed by atoms with E-state index in [9.17, 15) is 4.39 Å². The van der Waals surface area contributed by atoms with Crippen molar-refractivity contribution in [2.75, 3.05) is 5.73 Å². The maximum atomic E-state index is 13.0. The van der Waals surface area contributed by atoms with Gasteiger partial charge in [0, 0.05) is 17.4 Å². The first-order valence-corrected chi connectivity index (χ1v) is 6.07. The lowest BCUT2D eigenvalue weighted by molar-refractivity contribution is 0.628. The summed E-state index contributed by atoms with van der Waals surface area (Å²) in [6.45, 7) is 3.92. The van der Waals surface area contributed by atoms with Crippen molar-refractivity contribution >= 4 is 11.3 Å². The normalized spacial score (nSPS) is 11.1. The Bertz CT molecular complexity index is 757. The molecule has 3 aromatic rings. The zero-order valence-electron chi connectivity index (χ0n) is 10.8. The fraction of sp³-hybridized carbons (Fsp3) is 0.133. The van der Waals surface area contributed by atoms with Crippen molar-refractivity contribution in [3.8, 4) is 11.3 Å². The predicted molar refractivity (Wildman–Crippen MR) is 74.5 cm³/mol. The van der Waals surface area contributed by atoms with Crippen LogP contribution in [0, 0.1) is 19.7 Å². The van der Waals surface area contributed by atoms with Crippen LogP contribution in [0.2, 0.25) is 0 Å². The maximum Gasteiger partial charge on any atom is 0.140 e. The molecule has 2 heterocycles. The first kappa shape index (κ1) is 11.7. The standard InChI is InChI=1S/C15H14FN3/c1-9-7-13(17)8-19-14(10(2)18-15(9)19)11-3-5-12(16)6-4-11/h3-8H,17H2,1-2H3. The van der Waals surface area contributed by atoms with Crippen LogP contribution < -0.4 is 5.73 Å². The second kappa shape index (κ2) is 4.09. The molecule has 3 nitrogen and oxygen atoms in total. The molecule has 0 radical (unpaired) electrons. The smallest absolute Gasteiger partial charge is 0.140 e. The van der Waals surface area contributed by atoms with Crippen LogP contribution in [0.1, 0.15) is 11.3 Å². The van der Waals surface area contributed by atoms with E-state index in [1.807, 2.05) is 30.5 Å². The number of hydrogen-bond acceptors (Lipinski definition) is 2. The Morgan fingerprint density at radius 2 is 1.84 bits per heavy atom. The minimum atomic E-state index is -0.245. The number of halogens is 1. The van der Waals surface area contributed by atoms with Gasteiger partial charge in [0.05, 0.1) is 11.4 Å². The SMILES string of the molecule is Cc1nc2c(C)cc(N)cn2c1-c1ccc(F)cc1. The van der Waals surface area contributed by atoms with E-state index in [1.165, 1.54) is 12.1 Å². The summed E-state index contributed by atoms with van der Waals surface area (Å²) in [6, 6.07) is 8.31. The fourth-order valence-electron chi connectivity index (χ4n) is 2.41. The zero-order chi connectivity index (χ0) is 13.6. The van der Waals surface area contributed by atoms with Crippen LogP contribution in [0.5, 0.6) is 0 Å². The first-order valence-electron chi connectivity index (χ1n) is 6.07. The van der Waals surface area contributed by atoms with Crippen molar-refractivity contribution < 1.29 is 4.39 Å². The summed E-state index contributed by atoms with van der Waals surface area (Å²) in [4.78, 5) is 4.57. The summed E-state index contributed by atoms with van der Waals surface area (Å²) in [5.74, 6) is -0.245. The van der Waals surface area contributed by atoms with Gasteiger partial charge in [0.1, 0.15) is 11.5 Å². The Balaban J connectivity index is 2.34. The van der Waals surface area contributed by atoms with Crippen molar-refractivity contribution in [3.63, 3.8) is 0 Å². The first-order chi connectivity index (χ1) is 9.06. The molecule has 0 aliphatic rings. The van der Waals surface area contributed by atoms with Crippen LogP contribution in [0.15, 0.2) is 36.5 Å². The molecule has 0 amide bonds. The Hall–Kier alpha value is -2.36. The van der Waals surface area contributed by atoms with E-state index in [1.54, 1.807) is 12.1 Å². The van der Waals surface area contributed by atoms with E-state index >= 15 is 0 Å². The number of aryl methyl sites for hydroxylation is 2. The van der Waals surface area contributed by atoms with Crippen molar-refractivity contribution in [1.82, 2.24) is 9.38 Å². The fourth-order valence-corrected chi connectivity index (χ4v) is 2.41. The number of nitrogen functional groups attached to an aromatic ring is 1. The quantitative estimate of drug-likeness (QED) is 0.724. The highest BCUT2D eigenvalue weighted by molar-refractivity contribution is 5.70. The second-order valence-electron chi connectivity index (χ2n) is 4.70. The van der Waals surface area contributed by atoms with Gasteiger partial charge in [-0.15, -0.1) is 0 Å². The average molecular weight is 255 g/mol. The predicted octanol–water partition coefficient (Wildman–Crippen LogP) is 3.34. The zero-order valence-corrected chi connectivity index (χ0v) is 10.8. The van der Waals surface area contributed by atoms with Gasteiger partial charge in [0.15, 0.2) is 0 Å². The minimum absolute atomic E-state index is 0.245. The van der Waals surface area contributed by atoms with Crippen LogP contribution in [-0.2, 0) is 0 Å². The Morgan fingerprint density at radius 3 is 2.53 bits per heavy atom. The highest BCUT2D eigenvalue weighted by Crippen LogP contribution is 2.27. The lowest BCUT2D eigenvalue weighted by atomic mass is 10.1. The number of pyridine rings is 1. The number of imidazole rings is 1. The molecule has 2 aromatic heterocycles. The van der Waals surface area contributed by atoms with E-state index in [4.69, 9.17) is 5.73 Å². The van der Waals surface area contributed by atoms with Gasteiger partial charge in [-0.1, -0.05) is 0 Å². The number of nitrogens with zero attached hydrogens (tertiary/aromatic N) is 2. The minimum Gasteiger partial charge on any atom is -0.398 e. The highest BCUT2D eigenvalue weighted by atomic mass is 19.1. The van der Waals surface area contributed by atoms with Crippen molar-refractivity contribution in [2.24, 2.45) is 0 Å². The summed E-state index contributed by atoms with van der Waals surface area (Å²) in [5, 5.41) is 0. The third-order valence-electron chi connectivity index (χ3n) is 3.22. The molecule has 0 unspecified atom stereocenters. The van der Waals surface area contributed by atoms with Crippen molar-refractivity contribution in [1.29, 1.82) is 0 Å². The Kier molecular flexibility index (Phi) is 2.52. The molecule has 0 aliphatic heterocycles. The molecule has 2 N–H and O–H groups in total. The van der Waals surface area contributed by atoms with Gasteiger partial charge < -0.3 is 5.73 Å². The van der Waals surface area contributed by atoms with Gasteiger partial charge in [-0.25, -0.2) is 9.37 Å². The van der Waals surface area contributed by atoms with Gasteiger partial charge in [-0.3, -0.25) is 4.40 Å². The molecule has 19 heavy (non-hydrogen) atoms. The third-order valence-corrected chi connectivity index (χ3v) is 3.22. The molecule has 0 aliphatic carbocycles. The third kappa shape index (κ3) is 1.85. The number of benzene rings is 1. The van der Waals surface area contributed by atoms with Crippen LogP contribution in [0.3, 0.4) is 0 Å². The molecular weight excluding hydrogens is 241 g/mol. The molecule has 96 valence electrons. The topological polar surface area (TPSA) is 43.3 Å². The van der Waals surface area contributed by atoms with Crippen LogP contribution in [0.4, 0.5) is 10.1 Å². The van der Waals surface area contributed by atoms with Gasteiger partial charge in [0.2, 0.25) is 0 Å². The summed E-state index contributed by atoms with van der Waals surface area (Å²) in [7, 11) is 0. The number of aromatic nitrogens is 2. The maximum absolute atomic E-state index is 13.0. The van der Waals surface area contributed by atoms with Crippen molar-refractivity contribution in [2.45, 2.75) is 13.8 Å². The Labute approximate surface area is 110 Å². The number of rotatable bonds is 1. The molecule has 1 aromatic carbocycles. The summed E-state index contributed by atoms with van der Waals surface area (Å²) in [5.41, 5.74) is 11.3. The number of hydrogen-bond donors (Lipinski definition) is 1. The van der Waals surface area contributed by atoms with E-state index in [0.717, 1.165) is 28.2 Å². The van der Waals surface area contributed by atoms with E-state index in [0.29, 0.717) is 5.69 Å². The monoisotopic (exact) mass is 255 g/mol. The molecule has 0 bridgehead atoms. The summed E-state index contributed by atoms with van der Waals surface area (Å²) >= 11 is 0. The molecule has 0 saturated carbocycles. The van der Waals surface area contributed by atoms with Crippen LogP contribution >= 0.6 is 0 Å². The van der Waals surface area contributed by atoms with Crippen molar-refractivity contribution in [3.05, 3.63) is 53.6 Å². The number of anilines is 1. The van der Waals surface area contributed by atoms with Gasteiger partial charge in [0.25, 0.3) is 0 Å². The summed E-state index contributed by atoms with van der Waals surface area (Å²) in [6.07, 6.45) is 1.85. The van der Waals surface area contributed by atoms with E-state index in [-0.39, 0.29) is 5.82 Å². The molecule has 0 saturated heterocycles. The lowest BCUT2D eigenvalue weighted by Gasteiger charge is -2.06.